The number of hydrogen-bond acceptors (Lipinski definition) is 2. The van der Waals surface area contributed by atoms with Crippen molar-refractivity contribution in [2.75, 3.05) is 13.6 Å². The molecule has 1 fully saturated rings. The zero-order chi connectivity index (χ0) is 14.5. The van der Waals surface area contributed by atoms with Gasteiger partial charge in [0.15, 0.2) is 0 Å². The number of nitrogens with zero attached hydrogens (tertiary/aromatic N) is 1. The van der Waals surface area contributed by atoms with Gasteiger partial charge < -0.3 is 10.6 Å². The van der Waals surface area contributed by atoms with E-state index >= 15 is 0 Å². The first-order valence-electron chi connectivity index (χ1n) is 7.90. The normalized spacial score (nSPS) is 20.9. The average Bonchev–Trinajstić information content (AvgIpc) is 2.62. The SMILES string of the molecule is CC(C)CC(C)N(C)C(=O)C1(CN)CCCCCC1. The van der Waals surface area contributed by atoms with E-state index in [0.717, 1.165) is 32.1 Å². The monoisotopic (exact) mass is 268 g/mol. The summed E-state index contributed by atoms with van der Waals surface area (Å²) >= 11 is 0. The molecule has 0 radical (unpaired) electrons. The Kier molecular flexibility index (Phi) is 6.31. The van der Waals surface area contributed by atoms with Crippen LogP contribution in [0.2, 0.25) is 0 Å². The lowest BCUT2D eigenvalue weighted by Crippen LogP contribution is -2.49. The molecule has 0 aromatic carbocycles. The van der Waals surface area contributed by atoms with Crippen LogP contribution in [0.4, 0.5) is 0 Å². The first kappa shape index (κ1) is 16.5. The molecule has 1 saturated carbocycles. The average molecular weight is 268 g/mol. The van der Waals surface area contributed by atoms with E-state index in [-0.39, 0.29) is 11.3 Å². The highest BCUT2D eigenvalue weighted by atomic mass is 16.2. The molecule has 0 heterocycles. The molecule has 3 heteroatoms. The van der Waals surface area contributed by atoms with Gasteiger partial charge in [-0.3, -0.25) is 4.79 Å². The molecule has 0 spiro atoms. The summed E-state index contributed by atoms with van der Waals surface area (Å²) < 4.78 is 0. The molecule has 112 valence electrons. The van der Waals surface area contributed by atoms with Crippen molar-refractivity contribution in [3.63, 3.8) is 0 Å². The Labute approximate surface area is 118 Å². The van der Waals surface area contributed by atoms with Crippen LogP contribution in [0.5, 0.6) is 0 Å². The van der Waals surface area contributed by atoms with Crippen LogP contribution in [0.1, 0.15) is 65.7 Å². The van der Waals surface area contributed by atoms with Crippen molar-refractivity contribution in [1.82, 2.24) is 4.90 Å². The standard InChI is InChI=1S/C16H32N2O/c1-13(2)11-14(3)18(4)15(19)16(12-17)9-7-5-6-8-10-16/h13-14H,5-12,17H2,1-4H3. The summed E-state index contributed by atoms with van der Waals surface area (Å²) in [5.74, 6) is 0.901. The van der Waals surface area contributed by atoms with Crippen LogP contribution in [0, 0.1) is 11.3 Å². The van der Waals surface area contributed by atoms with Crippen LogP contribution < -0.4 is 5.73 Å². The number of carbonyl (C=O) groups is 1. The Hall–Kier alpha value is -0.570. The second-order valence-corrected chi connectivity index (χ2v) is 6.79. The third-order valence-corrected chi connectivity index (χ3v) is 4.70. The molecule has 1 aliphatic rings. The van der Waals surface area contributed by atoms with Crippen LogP contribution in [-0.4, -0.2) is 30.4 Å². The van der Waals surface area contributed by atoms with Gasteiger partial charge in [0.25, 0.3) is 0 Å². The van der Waals surface area contributed by atoms with E-state index in [2.05, 4.69) is 20.8 Å². The second kappa shape index (κ2) is 7.28. The molecule has 1 atom stereocenters. The highest BCUT2D eigenvalue weighted by molar-refractivity contribution is 5.83. The second-order valence-electron chi connectivity index (χ2n) is 6.79. The maximum Gasteiger partial charge on any atom is 0.230 e. The van der Waals surface area contributed by atoms with Gasteiger partial charge >= 0.3 is 0 Å². The van der Waals surface area contributed by atoms with E-state index in [0.29, 0.717) is 18.5 Å². The van der Waals surface area contributed by atoms with Gasteiger partial charge in [-0.2, -0.15) is 0 Å². The molecular formula is C16H32N2O. The van der Waals surface area contributed by atoms with Gasteiger partial charge in [0, 0.05) is 19.6 Å². The van der Waals surface area contributed by atoms with Crippen molar-refractivity contribution in [3.8, 4) is 0 Å². The van der Waals surface area contributed by atoms with Crippen molar-refractivity contribution in [1.29, 1.82) is 0 Å². The van der Waals surface area contributed by atoms with Gasteiger partial charge in [0.1, 0.15) is 0 Å². The minimum absolute atomic E-state index is 0.281. The number of rotatable bonds is 5. The molecule has 19 heavy (non-hydrogen) atoms. The Morgan fingerprint density at radius 1 is 1.16 bits per heavy atom. The number of carbonyl (C=O) groups excluding carboxylic acids is 1. The largest absolute Gasteiger partial charge is 0.343 e. The Bertz CT molecular complexity index is 280. The fourth-order valence-electron chi connectivity index (χ4n) is 3.33. The maximum atomic E-state index is 12.9. The van der Waals surface area contributed by atoms with Gasteiger partial charge in [0.05, 0.1) is 5.41 Å². The van der Waals surface area contributed by atoms with Crippen molar-refractivity contribution < 1.29 is 4.79 Å². The molecular weight excluding hydrogens is 236 g/mol. The van der Waals surface area contributed by atoms with Crippen LogP contribution in [0.15, 0.2) is 0 Å². The van der Waals surface area contributed by atoms with Crippen LogP contribution in [0.25, 0.3) is 0 Å². The molecule has 0 aromatic rings. The lowest BCUT2D eigenvalue weighted by molar-refractivity contribution is -0.143. The molecule has 0 aromatic heterocycles. The first-order valence-corrected chi connectivity index (χ1v) is 7.90. The van der Waals surface area contributed by atoms with Crippen molar-refractivity contribution in [3.05, 3.63) is 0 Å². The molecule has 3 nitrogen and oxygen atoms in total. The fourth-order valence-corrected chi connectivity index (χ4v) is 3.33. The quantitative estimate of drug-likeness (QED) is 0.778. The summed E-state index contributed by atoms with van der Waals surface area (Å²) in [5, 5.41) is 0. The highest BCUT2D eigenvalue weighted by Gasteiger charge is 2.40. The molecule has 1 unspecified atom stereocenters. The van der Waals surface area contributed by atoms with Crippen molar-refractivity contribution in [2.24, 2.45) is 17.1 Å². The third kappa shape index (κ3) is 4.20. The van der Waals surface area contributed by atoms with Gasteiger partial charge in [-0.05, 0) is 32.1 Å². The van der Waals surface area contributed by atoms with E-state index in [4.69, 9.17) is 5.73 Å². The Morgan fingerprint density at radius 3 is 2.11 bits per heavy atom. The summed E-state index contributed by atoms with van der Waals surface area (Å²) in [6.45, 7) is 7.07. The summed E-state index contributed by atoms with van der Waals surface area (Å²) in [7, 11) is 1.96. The molecule has 2 N–H and O–H groups in total. The fraction of sp³-hybridized carbons (Fsp3) is 0.938. The maximum absolute atomic E-state index is 12.9. The van der Waals surface area contributed by atoms with Crippen LogP contribution in [0.3, 0.4) is 0 Å². The number of hydrogen-bond donors (Lipinski definition) is 1. The Balaban J connectivity index is 2.76. The minimum atomic E-state index is -0.281. The topological polar surface area (TPSA) is 46.3 Å². The van der Waals surface area contributed by atoms with Crippen LogP contribution >= 0.6 is 0 Å². The molecule has 1 rings (SSSR count). The van der Waals surface area contributed by atoms with Crippen molar-refractivity contribution >= 4 is 5.91 Å². The predicted molar refractivity (Wildman–Crippen MR) is 80.9 cm³/mol. The third-order valence-electron chi connectivity index (χ3n) is 4.70. The van der Waals surface area contributed by atoms with E-state index < -0.39 is 0 Å². The summed E-state index contributed by atoms with van der Waals surface area (Å²) in [6.07, 6.45) is 7.80. The predicted octanol–water partition coefficient (Wildman–Crippen LogP) is 3.18. The lowest BCUT2D eigenvalue weighted by atomic mass is 9.78. The first-order chi connectivity index (χ1) is 8.93. The number of amides is 1. The van der Waals surface area contributed by atoms with Gasteiger partial charge in [0.2, 0.25) is 5.91 Å². The minimum Gasteiger partial charge on any atom is -0.343 e. The Morgan fingerprint density at radius 2 is 1.68 bits per heavy atom. The van der Waals surface area contributed by atoms with Gasteiger partial charge in [-0.1, -0.05) is 39.5 Å². The van der Waals surface area contributed by atoms with E-state index in [1.54, 1.807) is 0 Å². The highest BCUT2D eigenvalue weighted by Crippen LogP contribution is 2.36. The van der Waals surface area contributed by atoms with Gasteiger partial charge in [-0.25, -0.2) is 0 Å². The van der Waals surface area contributed by atoms with Crippen LogP contribution in [-0.2, 0) is 4.79 Å². The van der Waals surface area contributed by atoms with E-state index in [9.17, 15) is 4.79 Å². The molecule has 0 saturated heterocycles. The van der Waals surface area contributed by atoms with E-state index in [1.165, 1.54) is 12.8 Å². The van der Waals surface area contributed by atoms with E-state index in [1.807, 2.05) is 11.9 Å². The number of nitrogens with two attached hydrogens (primary N) is 1. The lowest BCUT2D eigenvalue weighted by Gasteiger charge is -2.37. The van der Waals surface area contributed by atoms with Crippen molar-refractivity contribution in [2.45, 2.75) is 71.8 Å². The molecule has 0 bridgehead atoms. The van der Waals surface area contributed by atoms with Gasteiger partial charge in [-0.15, -0.1) is 0 Å². The summed E-state index contributed by atoms with van der Waals surface area (Å²) in [4.78, 5) is 14.8. The molecule has 0 aliphatic heterocycles. The summed E-state index contributed by atoms with van der Waals surface area (Å²) in [6, 6.07) is 0.305. The summed E-state index contributed by atoms with van der Waals surface area (Å²) in [5.41, 5.74) is 5.72. The zero-order valence-electron chi connectivity index (χ0n) is 13.2. The smallest absolute Gasteiger partial charge is 0.230 e. The zero-order valence-corrected chi connectivity index (χ0v) is 13.2. The molecule has 1 aliphatic carbocycles. The molecule has 1 amide bonds.